The molecule has 0 saturated heterocycles. The molecule has 0 unspecified atom stereocenters. The van der Waals surface area contributed by atoms with Crippen LogP contribution in [-0.4, -0.2) is 28.2 Å². The minimum Gasteiger partial charge on any atom is -0.366 e. The van der Waals surface area contributed by atoms with Crippen molar-refractivity contribution >= 4 is 44.6 Å². The summed E-state index contributed by atoms with van der Waals surface area (Å²) in [5.74, 6) is -0.251. The van der Waals surface area contributed by atoms with E-state index in [9.17, 15) is 4.79 Å². The zero-order valence-electron chi connectivity index (χ0n) is 22.3. The molecule has 2 nitrogen and oxygen atoms in total. The van der Waals surface area contributed by atoms with Crippen LogP contribution in [0.5, 0.6) is 0 Å². The molecule has 2 aromatic carbocycles. The molecule has 176 valence electrons. The van der Waals surface area contributed by atoms with E-state index in [0.717, 1.165) is 18.4 Å². The van der Waals surface area contributed by atoms with E-state index >= 15 is 0 Å². The first kappa shape index (κ1) is 24.4. The molecule has 2 aliphatic rings. The fourth-order valence-corrected chi connectivity index (χ4v) is 41.2. The Morgan fingerprint density at radius 3 is 2.09 bits per heavy atom. The van der Waals surface area contributed by atoms with Gasteiger partial charge in [0.05, 0.1) is 15.2 Å². The molecule has 0 bridgehead atoms. The molecule has 2 N–H and O–H groups in total. The summed E-state index contributed by atoms with van der Waals surface area (Å²) in [6, 6.07) is 9.20. The maximum absolute atomic E-state index is 12.6. The van der Waals surface area contributed by atoms with Crippen LogP contribution in [0.4, 0.5) is 0 Å². The van der Waals surface area contributed by atoms with Crippen molar-refractivity contribution in [2.24, 2.45) is 5.73 Å². The van der Waals surface area contributed by atoms with Crippen LogP contribution >= 0.6 is 0 Å². The van der Waals surface area contributed by atoms with Crippen LogP contribution in [0.3, 0.4) is 0 Å². The summed E-state index contributed by atoms with van der Waals surface area (Å²) in [7, 11) is -5.16. The molecule has 33 heavy (non-hydrogen) atoms. The molecule has 0 fully saturated rings. The van der Waals surface area contributed by atoms with Gasteiger partial charge in [-0.05, 0) is 52.1 Å². The lowest BCUT2D eigenvalue weighted by molar-refractivity contribution is 0.100. The van der Waals surface area contributed by atoms with E-state index in [1.807, 2.05) is 0 Å². The molecule has 0 spiro atoms. The molecule has 0 radical (unpaired) electrons. The number of nitrogens with two attached hydrogens (primary N) is 1. The van der Waals surface area contributed by atoms with Gasteiger partial charge in [0.2, 0.25) is 5.91 Å². The number of primary amides is 1. The van der Waals surface area contributed by atoms with Crippen LogP contribution in [0.1, 0.15) is 61.2 Å². The average Bonchev–Trinajstić information content (AvgIpc) is 3.17. The first-order chi connectivity index (χ1) is 15.1. The molecule has 0 aromatic heterocycles. The molecule has 0 saturated carbocycles. The van der Waals surface area contributed by atoms with Gasteiger partial charge in [0, 0.05) is 12.7 Å². The lowest BCUT2D eigenvalue weighted by Crippen LogP contribution is -2.68. The fraction of sp³-hybridized carbons (Fsp3) is 0.464. The highest BCUT2D eigenvalue weighted by atomic mass is 29.6. The van der Waals surface area contributed by atoms with Gasteiger partial charge in [0.1, 0.15) is 0 Å². The average molecular weight is 492 g/mol. The van der Waals surface area contributed by atoms with Crippen molar-refractivity contribution in [1.82, 2.24) is 0 Å². The van der Waals surface area contributed by atoms with E-state index < -0.39 is 22.3 Å². The van der Waals surface area contributed by atoms with E-state index in [1.165, 1.54) is 38.6 Å². The molecule has 1 heterocycles. The molecule has 1 aliphatic heterocycles. The van der Waals surface area contributed by atoms with E-state index in [0.29, 0.717) is 0 Å². The summed E-state index contributed by atoms with van der Waals surface area (Å²) in [4.78, 5) is 12.6. The minimum atomic E-state index is -1.80. The summed E-state index contributed by atoms with van der Waals surface area (Å²) in [6.07, 6.45) is 4.56. The molecule has 1 amide bonds. The highest BCUT2D eigenvalue weighted by Crippen LogP contribution is 2.42. The largest absolute Gasteiger partial charge is 0.366 e. The second-order valence-electron chi connectivity index (χ2n) is 12.8. The van der Waals surface area contributed by atoms with Crippen molar-refractivity contribution < 1.29 is 4.79 Å². The number of rotatable bonds is 3. The lowest BCUT2D eigenvalue weighted by atomic mass is 9.82. The monoisotopic (exact) mass is 491 g/mol. The Bertz CT molecular complexity index is 1210. The summed E-state index contributed by atoms with van der Waals surface area (Å²) in [5, 5.41) is 2.96. The first-order valence-electron chi connectivity index (χ1n) is 12.4. The van der Waals surface area contributed by atoms with E-state index in [1.54, 1.807) is 5.19 Å². The van der Waals surface area contributed by atoms with Crippen LogP contribution in [0.25, 0.3) is 17.2 Å². The van der Waals surface area contributed by atoms with Gasteiger partial charge in [-0.3, -0.25) is 4.79 Å². The lowest BCUT2D eigenvalue weighted by Gasteiger charge is -2.40. The third kappa shape index (κ3) is 3.34. The van der Waals surface area contributed by atoms with Crippen LogP contribution in [0, 0.1) is 0 Å². The summed E-state index contributed by atoms with van der Waals surface area (Å²) in [5.41, 5.74) is 15.5. The van der Waals surface area contributed by atoms with Crippen molar-refractivity contribution in [2.45, 2.75) is 85.2 Å². The van der Waals surface area contributed by atoms with E-state index in [-0.39, 0.29) is 11.3 Å². The topological polar surface area (TPSA) is 43.1 Å². The second kappa shape index (κ2) is 7.40. The van der Waals surface area contributed by atoms with Crippen LogP contribution in [0.15, 0.2) is 29.8 Å². The number of hydrogen-bond acceptors (Lipinski definition) is 1. The van der Waals surface area contributed by atoms with Gasteiger partial charge in [-0.1, -0.05) is 107 Å². The van der Waals surface area contributed by atoms with Gasteiger partial charge < -0.3 is 5.73 Å². The molecule has 2 aromatic rings. The number of benzene rings is 2. The highest BCUT2D eigenvalue weighted by Gasteiger charge is 2.62. The van der Waals surface area contributed by atoms with Crippen molar-refractivity contribution in [3.63, 3.8) is 0 Å². The maximum Gasteiger partial charge on any atom is 0.248 e. The van der Waals surface area contributed by atoms with Gasteiger partial charge in [0.15, 0.2) is 0 Å². The maximum atomic E-state index is 12.6. The Hall–Kier alpha value is -1.70. The Labute approximate surface area is 203 Å². The Morgan fingerprint density at radius 2 is 1.55 bits per heavy atom. The van der Waals surface area contributed by atoms with Gasteiger partial charge in [-0.15, -0.1) is 0 Å². The van der Waals surface area contributed by atoms with Gasteiger partial charge in [-0.2, -0.15) is 0 Å². The Balaban J connectivity index is 2.13. The van der Waals surface area contributed by atoms with Crippen LogP contribution < -0.4 is 16.1 Å². The SMILES string of the molecule is CCC1=Cc2cc(C(C)(C)C)cc(-c3ccc(C(N)=O)c4c3[Si](C)(C)[Si](C)(C)[Si]4(C)C)c2C1. The highest BCUT2D eigenvalue weighted by molar-refractivity contribution is 7.76. The van der Waals surface area contributed by atoms with Crippen LogP contribution in [0.2, 0.25) is 39.3 Å². The molecular weight excluding hydrogens is 451 g/mol. The predicted octanol–water partition coefficient (Wildman–Crippen LogP) is 5.81. The van der Waals surface area contributed by atoms with Crippen molar-refractivity contribution in [3.05, 3.63) is 52.1 Å². The third-order valence-corrected chi connectivity index (χ3v) is 51.0. The number of fused-ring (bicyclic) bond motifs is 2. The van der Waals surface area contributed by atoms with Gasteiger partial charge >= 0.3 is 0 Å². The number of amides is 1. The Kier molecular flexibility index (Phi) is 5.48. The summed E-state index contributed by atoms with van der Waals surface area (Å²) < 4.78 is 0. The van der Waals surface area contributed by atoms with Crippen molar-refractivity contribution in [2.75, 3.05) is 0 Å². The zero-order valence-corrected chi connectivity index (χ0v) is 25.3. The fourth-order valence-electron chi connectivity index (χ4n) is 6.16. The smallest absolute Gasteiger partial charge is 0.248 e. The summed E-state index contributed by atoms with van der Waals surface area (Å²) >= 11 is 0. The van der Waals surface area contributed by atoms with E-state index in [4.69, 9.17) is 5.73 Å². The van der Waals surface area contributed by atoms with Crippen LogP contribution in [-0.2, 0) is 11.8 Å². The quantitative estimate of drug-likeness (QED) is 0.541. The first-order valence-corrected chi connectivity index (χ1v) is 23.4. The number of hydrogen-bond donors (Lipinski definition) is 1. The molecule has 4 rings (SSSR count). The second-order valence-corrected chi connectivity index (χ2v) is 40.1. The normalized spacial score (nSPS) is 19.8. The van der Waals surface area contributed by atoms with Gasteiger partial charge in [0.25, 0.3) is 0 Å². The standard InChI is InChI=1S/C28H41NOSi3/c1-11-18-14-19-16-20(28(2,3)4)17-24(23(19)15-18)21-12-13-22(27(29)30)26-25(21)31(5,6)33(9,10)32(26,7)8/h12-14,16-17H,11,15H2,1-10H3,(H2,29,30). The van der Waals surface area contributed by atoms with Gasteiger partial charge in [-0.25, -0.2) is 0 Å². The minimum absolute atomic E-state index is 0.0813. The molecule has 0 atom stereocenters. The predicted molar refractivity (Wildman–Crippen MR) is 153 cm³/mol. The molecule has 1 aliphatic carbocycles. The zero-order chi connectivity index (χ0) is 24.7. The number of carbonyl (C=O) groups is 1. The third-order valence-electron chi connectivity index (χ3n) is 9.50. The Morgan fingerprint density at radius 1 is 0.939 bits per heavy atom. The number of allylic oxidation sites excluding steroid dienone is 1. The van der Waals surface area contributed by atoms with Crippen molar-refractivity contribution in [3.8, 4) is 11.1 Å². The summed E-state index contributed by atoms with van der Waals surface area (Å²) in [6.45, 7) is 24.6. The van der Waals surface area contributed by atoms with Crippen molar-refractivity contribution in [1.29, 1.82) is 0 Å². The molecular formula is C28H41NOSi3. The molecule has 5 heteroatoms. The van der Waals surface area contributed by atoms with E-state index in [2.05, 4.69) is 97.3 Å². The number of carbonyl (C=O) groups excluding carboxylic acids is 1.